The van der Waals surface area contributed by atoms with Crippen LogP contribution in [-0.2, 0) is 5.54 Å². The van der Waals surface area contributed by atoms with E-state index in [1.807, 2.05) is 48.6 Å². The van der Waals surface area contributed by atoms with Crippen molar-refractivity contribution >= 4 is 11.9 Å². The second kappa shape index (κ2) is 4.28. The lowest BCUT2D eigenvalue weighted by atomic mass is 9.84. The maximum Gasteiger partial charge on any atom is 0.129 e. The number of nitrogens with zero attached hydrogens (tertiary/aromatic N) is 1. The molecule has 2 aromatic carbocycles. The Balaban J connectivity index is 2.15. The molecule has 19 heavy (non-hydrogen) atoms. The summed E-state index contributed by atoms with van der Waals surface area (Å²) < 4.78 is 0. The molecule has 1 atom stereocenters. The zero-order valence-electron chi connectivity index (χ0n) is 10.3. The third-order valence-corrected chi connectivity index (χ3v) is 3.36. The van der Waals surface area contributed by atoms with E-state index < -0.39 is 5.54 Å². The lowest BCUT2D eigenvalue weighted by Crippen LogP contribution is -2.20. The van der Waals surface area contributed by atoms with Crippen LogP contribution in [0.5, 0.6) is 5.75 Å². The number of anilines is 1. The first-order valence-corrected chi connectivity index (χ1v) is 6.09. The molecule has 3 heteroatoms. The Hall–Kier alpha value is -2.55. The van der Waals surface area contributed by atoms with Crippen molar-refractivity contribution in [2.24, 2.45) is 4.99 Å². The molecule has 1 aliphatic rings. The molecule has 0 saturated carbocycles. The van der Waals surface area contributed by atoms with Gasteiger partial charge in [0.05, 0.1) is 0 Å². The molecule has 0 aliphatic carbocycles. The van der Waals surface area contributed by atoms with Crippen LogP contribution in [-0.4, -0.2) is 11.3 Å². The van der Waals surface area contributed by atoms with Gasteiger partial charge in [-0.2, -0.15) is 0 Å². The minimum absolute atomic E-state index is 0.252. The third-order valence-electron chi connectivity index (χ3n) is 3.36. The maximum absolute atomic E-state index is 9.42. The van der Waals surface area contributed by atoms with Crippen molar-refractivity contribution in [3.8, 4) is 5.75 Å². The van der Waals surface area contributed by atoms with Crippen molar-refractivity contribution < 1.29 is 5.11 Å². The van der Waals surface area contributed by atoms with Crippen LogP contribution >= 0.6 is 0 Å². The molecule has 94 valence electrons. The highest BCUT2D eigenvalue weighted by molar-refractivity contribution is 5.77. The minimum Gasteiger partial charge on any atom is -0.508 e. The molecule has 1 heterocycles. The zero-order chi connectivity index (χ0) is 13.3. The van der Waals surface area contributed by atoms with Crippen LogP contribution in [0.3, 0.4) is 0 Å². The van der Waals surface area contributed by atoms with Gasteiger partial charge in [0.25, 0.3) is 0 Å². The normalized spacial score (nSPS) is 20.8. The molecule has 1 unspecified atom stereocenters. The Morgan fingerprint density at radius 2 is 1.47 bits per heavy atom. The highest BCUT2D eigenvalue weighted by atomic mass is 16.3. The van der Waals surface area contributed by atoms with E-state index in [0.717, 1.165) is 16.8 Å². The molecule has 3 rings (SSSR count). The fourth-order valence-corrected chi connectivity index (χ4v) is 2.35. The number of aliphatic imine (C=N–C) groups is 1. The van der Waals surface area contributed by atoms with Gasteiger partial charge in [-0.05, 0) is 47.5 Å². The number of hydrogen-bond acceptors (Lipinski definition) is 3. The van der Waals surface area contributed by atoms with Crippen molar-refractivity contribution in [1.82, 2.24) is 0 Å². The maximum atomic E-state index is 9.42. The van der Waals surface area contributed by atoms with Crippen LogP contribution in [0.1, 0.15) is 11.1 Å². The van der Waals surface area contributed by atoms with E-state index in [1.165, 1.54) is 0 Å². The van der Waals surface area contributed by atoms with Gasteiger partial charge < -0.3 is 10.8 Å². The molecule has 3 N–H and O–H groups in total. The second-order valence-electron chi connectivity index (χ2n) is 4.57. The predicted molar refractivity (Wildman–Crippen MR) is 77.4 cm³/mol. The lowest BCUT2D eigenvalue weighted by molar-refractivity contribution is 0.474. The largest absolute Gasteiger partial charge is 0.508 e. The van der Waals surface area contributed by atoms with Gasteiger partial charge >= 0.3 is 0 Å². The Bertz CT molecular complexity index is 580. The summed E-state index contributed by atoms with van der Waals surface area (Å²) in [6, 6.07) is 14.8. The zero-order valence-corrected chi connectivity index (χ0v) is 10.3. The van der Waals surface area contributed by atoms with Crippen molar-refractivity contribution in [3.63, 3.8) is 0 Å². The number of nitrogen functional groups attached to an aromatic ring is 1. The van der Waals surface area contributed by atoms with Crippen molar-refractivity contribution in [2.45, 2.75) is 5.54 Å². The van der Waals surface area contributed by atoms with Crippen molar-refractivity contribution in [3.05, 3.63) is 71.8 Å². The monoisotopic (exact) mass is 250 g/mol. The number of phenolic OH excluding ortho intramolecular Hbond substituents is 1. The van der Waals surface area contributed by atoms with Gasteiger partial charge in [-0.3, -0.25) is 4.99 Å². The molecule has 0 amide bonds. The van der Waals surface area contributed by atoms with Crippen LogP contribution in [0.25, 0.3) is 0 Å². The standard InChI is InChI=1S/C16H14N2O/c17-14-6-2-12(3-7-14)16(10-1-11-18-16)13-4-8-15(19)9-5-13/h1-11,19H,17H2. The highest BCUT2D eigenvalue weighted by Crippen LogP contribution is 2.38. The summed E-state index contributed by atoms with van der Waals surface area (Å²) in [4.78, 5) is 4.61. The molecule has 0 saturated heterocycles. The van der Waals surface area contributed by atoms with Gasteiger partial charge in [-0.25, -0.2) is 0 Å². The summed E-state index contributed by atoms with van der Waals surface area (Å²) in [6.45, 7) is 0. The molecule has 1 aliphatic heterocycles. The van der Waals surface area contributed by atoms with Crippen LogP contribution in [0.15, 0.2) is 65.7 Å². The molecule has 0 radical (unpaired) electrons. The van der Waals surface area contributed by atoms with Gasteiger partial charge in [0.1, 0.15) is 11.3 Å². The molecular weight excluding hydrogens is 236 g/mol. The molecule has 0 aromatic heterocycles. The van der Waals surface area contributed by atoms with Crippen LogP contribution in [0, 0.1) is 0 Å². The van der Waals surface area contributed by atoms with Gasteiger partial charge in [0.15, 0.2) is 0 Å². The minimum atomic E-state index is -0.512. The quantitative estimate of drug-likeness (QED) is 0.805. The Labute approximate surface area is 111 Å². The van der Waals surface area contributed by atoms with Crippen molar-refractivity contribution in [1.29, 1.82) is 0 Å². The number of benzene rings is 2. The molecule has 0 fully saturated rings. The number of rotatable bonds is 2. The van der Waals surface area contributed by atoms with E-state index in [4.69, 9.17) is 5.73 Å². The van der Waals surface area contributed by atoms with E-state index in [9.17, 15) is 5.11 Å². The summed E-state index contributed by atoms with van der Waals surface area (Å²) in [7, 11) is 0. The molecular formula is C16H14N2O. The molecule has 0 spiro atoms. The second-order valence-corrected chi connectivity index (χ2v) is 4.57. The number of allylic oxidation sites excluding steroid dienone is 1. The Morgan fingerprint density at radius 3 is 2.00 bits per heavy atom. The fourth-order valence-electron chi connectivity index (χ4n) is 2.35. The van der Waals surface area contributed by atoms with E-state index in [0.29, 0.717) is 0 Å². The summed E-state index contributed by atoms with van der Waals surface area (Å²) in [5.41, 5.74) is 8.02. The van der Waals surface area contributed by atoms with Gasteiger partial charge in [-0.15, -0.1) is 0 Å². The Kier molecular flexibility index (Phi) is 2.60. The summed E-state index contributed by atoms with van der Waals surface area (Å²) >= 11 is 0. The molecule has 2 aromatic rings. The third kappa shape index (κ3) is 1.89. The molecule has 3 nitrogen and oxygen atoms in total. The van der Waals surface area contributed by atoms with Crippen LogP contribution in [0.4, 0.5) is 5.69 Å². The summed E-state index contributed by atoms with van der Waals surface area (Å²) in [5, 5.41) is 9.42. The smallest absolute Gasteiger partial charge is 0.129 e. The SMILES string of the molecule is Nc1ccc(C2(c3ccc(O)cc3)C=CC=N2)cc1. The number of hydrogen-bond donors (Lipinski definition) is 2. The Morgan fingerprint density at radius 1 is 0.895 bits per heavy atom. The van der Waals surface area contributed by atoms with Gasteiger partial charge in [-0.1, -0.05) is 24.3 Å². The first-order chi connectivity index (χ1) is 9.21. The topological polar surface area (TPSA) is 58.6 Å². The molecule has 0 bridgehead atoms. The van der Waals surface area contributed by atoms with E-state index >= 15 is 0 Å². The summed E-state index contributed by atoms with van der Waals surface area (Å²) in [6.07, 6.45) is 5.78. The van der Waals surface area contributed by atoms with Crippen molar-refractivity contribution in [2.75, 3.05) is 5.73 Å². The van der Waals surface area contributed by atoms with Gasteiger partial charge in [0, 0.05) is 11.9 Å². The fraction of sp³-hybridized carbons (Fsp3) is 0.0625. The average Bonchev–Trinajstić information content (AvgIpc) is 2.91. The number of nitrogens with two attached hydrogens (primary N) is 1. The van der Waals surface area contributed by atoms with E-state index in [2.05, 4.69) is 4.99 Å². The van der Waals surface area contributed by atoms with Gasteiger partial charge in [0.2, 0.25) is 0 Å². The lowest BCUT2D eigenvalue weighted by Gasteiger charge is -2.25. The van der Waals surface area contributed by atoms with Crippen LogP contribution < -0.4 is 5.73 Å². The predicted octanol–water partition coefficient (Wildman–Crippen LogP) is 2.86. The van der Waals surface area contributed by atoms with E-state index in [-0.39, 0.29) is 5.75 Å². The number of aromatic hydroxyl groups is 1. The summed E-state index contributed by atoms with van der Waals surface area (Å²) in [5.74, 6) is 0.252. The number of phenols is 1. The van der Waals surface area contributed by atoms with E-state index in [1.54, 1.807) is 18.3 Å². The van der Waals surface area contributed by atoms with Crippen LogP contribution in [0.2, 0.25) is 0 Å². The average molecular weight is 250 g/mol. The highest BCUT2D eigenvalue weighted by Gasteiger charge is 2.32. The first kappa shape index (κ1) is 11.5. The first-order valence-electron chi connectivity index (χ1n) is 6.09.